The fourth-order valence-corrected chi connectivity index (χ4v) is 5.47. The number of hydrogen-bond donors (Lipinski definition) is 1. The Balaban J connectivity index is 1.84. The number of carbonyl (C=O) groups is 2. The topological polar surface area (TPSA) is 121 Å². The average molecular weight is 375 g/mol. The molecule has 138 valence electrons. The number of carbonyl (C=O) groups excluding carboxylic acids is 2. The van der Waals surface area contributed by atoms with E-state index in [1.54, 1.807) is 6.07 Å². The molecular weight excluding hydrogens is 354 g/mol. The number of piperidine rings is 1. The summed E-state index contributed by atoms with van der Waals surface area (Å²) >= 11 is 0. The number of hydrogen-bond acceptors (Lipinski definition) is 5. The molecule has 1 saturated carbocycles. The summed E-state index contributed by atoms with van der Waals surface area (Å²) in [6, 6.07) is 7.33. The van der Waals surface area contributed by atoms with Gasteiger partial charge in [0.2, 0.25) is 5.91 Å². The van der Waals surface area contributed by atoms with Gasteiger partial charge in [-0.3, -0.25) is 9.59 Å². The van der Waals surface area contributed by atoms with Gasteiger partial charge in [0.15, 0.2) is 9.84 Å². The first-order chi connectivity index (χ1) is 12.3. The van der Waals surface area contributed by atoms with Crippen molar-refractivity contribution in [3.05, 3.63) is 29.8 Å². The van der Waals surface area contributed by atoms with Gasteiger partial charge in [0.05, 0.1) is 16.2 Å². The van der Waals surface area contributed by atoms with Crippen LogP contribution in [0.15, 0.2) is 29.2 Å². The maximum atomic E-state index is 12.8. The number of nitrogens with two attached hydrogens (primary N) is 1. The van der Waals surface area contributed by atoms with Crippen molar-refractivity contribution in [1.29, 1.82) is 5.26 Å². The van der Waals surface area contributed by atoms with Crippen molar-refractivity contribution in [1.82, 2.24) is 4.90 Å². The molecule has 0 bridgehead atoms. The van der Waals surface area contributed by atoms with Gasteiger partial charge in [0.1, 0.15) is 6.04 Å². The monoisotopic (exact) mass is 375 g/mol. The van der Waals surface area contributed by atoms with E-state index in [2.05, 4.69) is 6.07 Å². The van der Waals surface area contributed by atoms with Crippen LogP contribution in [0.25, 0.3) is 0 Å². The molecule has 2 fully saturated rings. The van der Waals surface area contributed by atoms with Crippen LogP contribution in [0.3, 0.4) is 0 Å². The molecule has 2 amide bonds. The third-order valence-corrected chi connectivity index (χ3v) is 7.39. The number of benzene rings is 1. The van der Waals surface area contributed by atoms with E-state index in [1.807, 2.05) is 0 Å². The van der Waals surface area contributed by atoms with E-state index in [-0.39, 0.29) is 22.3 Å². The van der Waals surface area contributed by atoms with Gasteiger partial charge in [-0.15, -0.1) is 0 Å². The van der Waals surface area contributed by atoms with Gasteiger partial charge < -0.3 is 10.6 Å². The Morgan fingerprint density at radius 3 is 2.62 bits per heavy atom. The zero-order valence-electron chi connectivity index (χ0n) is 14.3. The van der Waals surface area contributed by atoms with Crippen molar-refractivity contribution >= 4 is 21.7 Å². The van der Waals surface area contributed by atoms with Gasteiger partial charge in [-0.1, -0.05) is 6.07 Å². The first kappa shape index (κ1) is 18.4. The van der Waals surface area contributed by atoms with E-state index < -0.39 is 27.0 Å². The number of amides is 2. The quantitative estimate of drug-likeness (QED) is 0.848. The minimum absolute atomic E-state index is 0.0809. The van der Waals surface area contributed by atoms with Crippen LogP contribution >= 0.6 is 0 Å². The molecule has 1 aromatic carbocycles. The summed E-state index contributed by atoms with van der Waals surface area (Å²) in [7, 11) is -3.58. The number of primary amides is 1. The Bertz CT molecular complexity index is 869. The van der Waals surface area contributed by atoms with Crippen molar-refractivity contribution in [2.75, 3.05) is 6.54 Å². The van der Waals surface area contributed by atoms with Crippen LogP contribution in [0.1, 0.15) is 42.5 Å². The Kier molecular flexibility index (Phi) is 5.01. The predicted molar refractivity (Wildman–Crippen MR) is 93.6 cm³/mol. The molecule has 1 heterocycles. The van der Waals surface area contributed by atoms with E-state index >= 15 is 0 Å². The van der Waals surface area contributed by atoms with E-state index in [0.717, 1.165) is 12.8 Å². The number of likely N-dealkylation sites (tertiary alicyclic amines) is 1. The van der Waals surface area contributed by atoms with Crippen LogP contribution in [0.2, 0.25) is 0 Å². The third-order valence-electron chi connectivity index (χ3n) is 5.22. The summed E-state index contributed by atoms with van der Waals surface area (Å²) in [5, 5.41) is 8.26. The Hall–Kier alpha value is -2.40. The van der Waals surface area contributed by atoms with Crippen LogP contribution < -0.4 is 5.73 Å². The molecule has 0 radical (unpaired) electrons. The third kappa shape index (κ3) is 3.31. The molecule has 1 saturated heterocycles. The molecule has 1 atom stereocenters. The van der Waals surface area contributed by atoms with E-state index in [4.69, 9.17) is 11.0 Å². The van der Waals surface area contributed by atoms with Gasteiger partial charge in [-0.2, -0.15) is 5.26 Å². The van der Waals surface area contributed by atoms with E-state index in [9.17, 15) is 18.0 Å². The second-order valence-corrected chi connectivity index (χ2v) is 9.13. The lowest BCUT2D eigenvalue weighted by molar-refractivity contribution is -0.123. The van der Waals surface area contributed by atoms with Crippen LogP contribution in [-0.2, 0) is 14.6 Å². The molecule has 2 aliphatic rings. The summed E-state index contributed by atoms with van der Waals surface area (Å²) < 4.78 is 25.4. The number of sulfone groups is 1. The Morgan fingerprint density at radius 1 is 1.23 bits per heavy atom. The van der Waals surface area contributed by atoms with Gasteiger partial charge in [0.25, 0.3) is 5.91 Å². The van der Waals surface area contributed by atoms with Crippen LogP contribution in [0, 0.1) is 17.2 Å². The smallest absolute Gasteiger partial charge is 0.254 e. The van der Waals surface area contributed by atoms with Crippen molar-refractivity contribution in [2.45, 2.75) is 48.3 Å². The summed E-state index contributed by atoms with van der Waals surface area (Å²) in [6.07, 6.45) is 2.79. The highest BCUT2D eigenvalue weighted by atomic mass is 32.2. The molecule has 1 aromatic rings. The lowest BCUT2D eigenvalue weighted by atomic mass is 9.86. The average Bonchev–Trinajstić information content (AvgIpc) is 2.60. The lowest BCUT2D eigenvalue weighted by Gasteiger charge is -2.34. The van der Waals surface area contributed by atoms with Gasteiger partial charge in [0, 0.05) is 18.0 Å². The number of nitrogens with zero attached hydrogens (tertiary/aromatic N) is 2. The Morgan fingerprint density at radius 2 is 1.96 bits per heavy atom. The second kappa shape index (κ2) is 7.08. The molecule has 0 aromatic heterocycles. The standard InChI is InChI=1S/C18H21N3O4S/c19-11-12-8-15(9-12)26(24,25)14-5-3-4-13(10-14)18(23)21-7-2-1-6-16(21)17(20)22/h3-5,10,12,15-16H,1-2,6-9H2,(H2,20,22)/t12-,15+,16?. The van der Waals surface area contributed by atoms with Crippen molar-refractivity contribution < 1.29 is 18.0 Å². The highest BCUT2D eigenvalue weighted by Gasteiger charge is 2.40. The predicted octanol–water partition coefficient (Wildman–Crippen LogP) is 1.24. The van der Waals surface area contributed by atoms with Crippen molar-refractivity contribution in [2.24, 2.45) is 11.7 Å². The highest BCUT2D eigenvalue weighted by Crippen LogP contribution is 2.36. The highest BCUT2D eigenvalue weighted by molar-refractivity contribution is 7.92. The number of nitriles is 1. The lowest BCUT2D eigenvalue weighted by Crippen LogP contribution is -2.50. The minimum atomic E-state index is -3.58. The molecule has 26 heavy (non-hydrogen) atoms. The van der Waals surface area contributed by atoms with Gasteiger partial charge >= 0.3 is 0 Å². The largest absolute Gasteiger partial charge is 0.368 e. The summed E-state index contributed by atoms with van der Waals surface area (Å²) in [6.45, 7) is 0.426. The van der Waals surface area contributed by atoms with Crippen LogP contribution in [0.5, 0.6) is 0 Å². The summed E-state index contributed by atoms with van der Waals surface area (Å²) in [5.41, 5.74) is 5.64. The minimum Gasteiger partial charge on any atom is -0.368 e. The normalized spacial score (nSPS) is 25.8. The zero-order chi connectivity index (χ0) is 18.9. The molecule has 3 rings (SSSR count). The molecule has 1 unspecified atom stereocenters. The van der Waals surface area contributed by atoms with Gasteiger partial charge in [-0.05, 0) is 50.3 Å². The van der Waals surface area contributed by atoms with Crippen LogP contribution in [-0.4, -0.2) is 43.0 Å². The fourth-order valence-electron chi connectivity index (χ4n) is 3.56. The maximum Gasteiger partial charge on any atom is 0.254 e. The SMILES string of the molecule is N#C[C@H]1C[C@@H](S(=O)(=O)c2cccc(C(=O)N3CCCCC3C(N)=O)c2)C1. The van der Waals surface area contributed by atoms with Gasteiger partial charge in [-0.25, -0.2) is 8.42 Å². The molecule has 1 aliphatic carbocycles. The fraction of sp³-hybridized carbons (Fsp3) is 0.500. The second-order valence-electron chi connectivity index (χ2n) is 6.90. The molecule has 2 N–H and O–H groups in total. The first-order valence-corrected chi connectivity index (χ1v) is 10.2. The molecule has 8 heteroatoms. The summed E-state index contributed by atoms with van der Waals surface area (Å²) in [5.74, 6) is -1.14. The zero-order valence-corrected chi connectivity index (χ0v) is 15.1. The van der Waals surface area contributed by atoms with Crippen molar-refractivity contribution in [3.8, 4) is 6.07 Å². The first-order valence-electron chi connectivity index (χ1n) is 8.68. The summed E-state index contributed by atoms with van der Waals surface area (Å²) in [4.78, 5) is 26.0. The molecular formula is C18H21N3O4S. The number of rotatable bonds is 4. The van der Waals surface area contributed by atoms with E-state index in [0.29, 0.717) is 25.8 Å². The molecule has 7 nitrogen and oxygen atoms in total. The van der Waals surface area contributed by atoms with E-state index in [1.165, 1.54) is 23.1 Å². The molecule has 1 aliphatic heterocycles. The van der Waals surface area contributed by atoms with Crippen LogP contribution in [0.4, 0.5) is 0 Å². The Labute approximate surface area is 152 Å². The van der Waals surface area contributed by atoms with Crippen molar-refractivity contribution in [3.63, 3.8) is 0 Å². The maximum absolute atomic E-state index is 12.8. The molecule has 0 spiro atoms.